The third-order valence-corrected chi connectivity index (χ3v) is 21.7. The van der Waals surface area contributed by atoms with Crippen molar-refractivity contribution >= 4 is 187 Å². The van der Waals surface area contributed by atoms with Crippen LogP contribution in [0, 0.1) is 0 Å². The van der Waals surface area contributed by atoms with E-state index in [2.05, 4.69) is 96.8 Å². The molecule has 602 valence electrons. The van der Waals surface area contributed by atoms with Gasteiger partial charge in [0.05, 0.1) is 62.1 Å². The molecule has 0 aliphatic rings. The maximum Gasteiger partial charge on any atom is 0.255 e. The van der Waals surface area contributed by atoms with Crippen molar-refractivity contribution in [1.82, 2.24) is 99.2 Å². The predicted molar refractivity (Wildman–Crippen MR) is 439 cm³/mol. The summed E-state index contributed by atoms with van der Waals surface area (Å²) in [7, 11) is -11.2. The highest BCUT2D eigenvalue weighted by Crippen LogP contribution is 2.32. The number of hydrogen-bond donors (Lipinski definition) is 16. The highest BCUT2D eigenvalue weighted by Gasteiger charge is 2.21. The molecule has 0 spiro atoms. The molecule has 16 rings (SSSR count). The van der Waals surface area contributed by atoms with Crippen LogP contribution in [0.5, 0.6) is 5.75 Å². The third kappa shape index (κ3) is 20.1. The molecule has 0 bridgehead atoms. The van der Waals surface area contributed by atoms with E-state index in [4.69, 9.17) is 54.0 Å². The van der Waals surface area contributed by atoms with Gasteiger partial charge in [0.1, 0.15) is 5.75 Å². The number of carbonyl (C=O) groups excluding carboxylic acids is 2. The number of hydrogen-bond acceptors (Lipinski definition) is 34. The molecule has 8 heterocycles. The van der Waals surface area contributed by atoms with Crippen molar-refractivity contribution in [2.45, 2.75) is 19.6 Å². The molecule has 0 unspecified atom stereocenters. The van der Waals surface area contributed by atoms with E-state index in [0.717, 1.165) is 38.0 Å². The number of likely N-dealkylation sites (N-methyl/N-ethyl adjacent to an activating group) is 1. The van der Waals surface area contributed by atoms with Crippen LogP contribution in [0.4, 0.5) is 70.3 Å². The minimum atomic E-state index is -3.78. The maximum atomic E-state index is 12.4. The Morgan fingerprint density at radius 2 is 0.838 bits per heavy atom. The Hall–Kier alpha value is -14.2. The van der Waals surface area contributed by atoms with Gasteiger partial charge in [0.25, 0.3) is 11.8 Å². The lowest BCUT2D eigenvalue weighted by atomic mass is 10.2. The third-order valence-electron chi connectivity index (χ3n) is 16.0. The number of ether oxygens (including phenoxy) is 1. The summed E-state index contributed by atoms with van der Waals surface area (Å²) in [5, 5.41) is 53.2. The number of imidazole rings is 2. The Morgan fingerprint density at radius 1 is 0.444 bits per heavy atom. The molecule has 0 aliphatic heterocycles. The fourth-order valence-electron chi connectivity index (χ4n) is 10.5. The van der Waals surface area contributed by atoms with Crippen molar-refractivity contribution in [2.75, 3.05) is 78.0 Å². The zero-order chi connectivity index (χ0) is 83.3. The number of H-pyrrole nitrogens is 2. The quantitative estimate of drug-likeness (QED) is 0.0429. The largest absolute Gasteiger partial charge is 0.484 e. The second-order valence-corrected chi connectivity index (χ2v) is 33.1. The predicted octanol–water partition coefficient (Wildman–Crippen LogP) is 4.09. The van der Waals surface area contributed by atoms with Crippen LogP contribution >= 0.6 is 22.7 Å². The highest BCUT2D eigenvalue weighted by atomic mass is 32.2. The van der Waals surface area contributed by atoms with Gasteiger partial charge in [0.2, 0.25) is 110 Å². The van der Waals surface area contributed by atoms with E-state index in [-0.39, 0.29) is 73.7 Å². The molecule has 44 nitrogen and oxygen atoms in total. The van der Waals surface area contributed by atoms with E-state index in [1.54, 1.807) is 72.8 Å². The smallest absolute Gasteiger partial charge is 0.255 e. The topological polar surface area (TPSA) is 683 Å². The number of aromatic amines is 2. The van der Waals surface area contributed by atoms with Gasteiger partial charge >= 0.3 is 0 Å². The molecule has 0 fully saturated rings. The summed E-state index contributed by atoms with van der Waals surface area (Å²) in [4.78, 5) is 66.1. The number of benzene rings is 8. The molecule has 0 aliphatic carbocycles. The van der Waals surface area contributed by atoms with E-state index in [1.165, 1.54) is 102 Å². The van der Waals surface area contributed by atoms with Crippen LogP contribution in [0.2, 0.25) is 0 Å². The normalized spacial score (nSPS) is 11.7. The number of nitrogens with zero attached hydrogens (tertiary/aromatic N) is 17. The molecular formula is C67H67N33O11S6. The van der Waals surface area contributed by atoms with Crippen LogP contribution in [0.15, 0.2) is 202 Å². The van der Waals surface area contributed by atoms with E-state index < -0.39 is 46.0 Å². The van der Waals surface area contributed by atoms with Crippen LogP contribution in [-0.2, 0) is 44.9 Å². The van der Waals surface area contributed by atoms with Crippen molar-refractivity contribution in [2.24, 2.45) is 26.3 Å². The van der Waals surface area contributed by atoms with E-state index >= 15 is 0 Å². The zero-order valence-corrected chi connectivity index (χ0v) is 65.6. The molecule has 25 N–H and O–H groups in total. The molecular weight excluding hydrogens is 1640 g/mol. The molecule has 8 aromatic heterocycles. The second-order valence-electron chi connectivity index (χ2n) is 24.9. The number of nitrogen functional groups attached to an aromatic ring is 4. The van der Waals surface area contributed by atoms with Crippen LogP contribution in [0.3, 0.4) is 0 Å². The summed E-state index contributed by atoms with van der Waals surface area (Å²) < 4.78 is 103. The summed E-state index contributed by atoms with van der Waals surface area (Å²) >= 11 is 2.62. The number of aromatic nitrogens is 18. The first-order valence-electron chi connectivity index (χ1n) is 33.6. The van der Waals surface area contributed by atoms with Gasteiger partial charge in [-0.2, -0.15) is 38.7 Å². The number of anilines is 12. The zero-order valence-electron chi connectivity index (χ0n) is 60.7. The lowest BCUT2D eigenvalue weighted by Crippen LogP contribution is -2.31. The van der Waals surface area contributed by atoms with Crippen LogP contribution in [0.1, 0.15) is 10.4 Å². The number of fused-ring (bicyclic) bond motifs is 4. The molecule has 117 heavy (non-hydrogen) atoms. The Balaban J connectivity index is 0.000000136. The van der Waals surface area contributed by atoms with E-state index in [9.17, 15) is 43.3 Å². The van der Waals surface area contributed by atoms with Gasteiger partial charge in [-0.3, -0.25) is 9.59 Å². The standard InChI is InChI=1S/C20H23N9O3S2.C17H16N8O4S2.2C15H14N8O2S/c1-28(2)10-9-23-17(30)12-3-8-15-16(11-12)33-20(25-15)29-18(21)26-19(27-29)24-13-4-6-14(7-5-13)34(22,31)32;18-14(26)8-29-10-3-6-12-13(7-10)30-17(22-12)25-15(19)23-16(24-25)21-9-1-4-11(5-2-9)31(20,27)28;16-13-21-14(18-9-5-7-10(8-6-9)26(17,24)25)22-23(13)15-19-11-3-1-2-4-12(11)20-15;16-13-21-14(18-9-5-7-10(8-6-9)26(17,24)25)23(22-13)15-19-11-3-1-2-4-12(11)20-15/h3-8,11H,9-10H2,1-2H3,(H,23,30)(H2,22,31,32)(H3,21,24,26,27);1-7H,8H2,(H2,18,26)(H2,20,27,28)(H3,19,21,23,24);2*1-8H,(H,19,20)(H2,17,24,25)(H3,16,18,21,22). The summed E-state index contributed by atoms with van der Waals surface area (Å²) in [5.41, 5.74) is 36.2. The minimum Gasteiger partial charge on any atom is -0.484 e. The first-order chi connectivity index (χ1) is 55.6. The first-order valence-corrected chi connectivity index (χ1v) is 41.5. The lowest BCUT2D eigenvalue weighted by molar-refractivity contribution is -0.119. The number of amides is 2. The summed E-state index contributed by atoms with van der Waals surface area (Å²) in [6.07, 6.45) is 0. The van der Waals surface area contributed by atoms with Crippen LogP contribution in [-0.4, -0.2) is 173 Å². The van der Waals surface area contributed by atoms with E-state index in [1.807, 2.05) is 67.5 Å². The van der Waals surface area contributed by atoms with Crippen molar-refractivity contribution in [1.29, 1.82) is 0 Å². The summed E-state index contributed by atoms with van der Waals surface area (Å²) in [5.74, 6) is 2.05. The Bertz CT molecular complexity index is 6780. The maximum absolute atomic E-state index is 12.4. The second kappa shape index (κ2) is 33.5. The Kier molecular flexibility index (Phi) is 23.1. The van der Waals surface area contributed by atoms with Gasteiger partial charge in [-0.1, -0.05) is 46.9 Å². The Labute approximate surface area is 669 Å². The molecule has 8 aromatic carbocycles. The molecule has 2 amide bonds. The fraction of sp³-hybridized carbons (Fsp3) is 0.0746. The number of rotatable bonds is 23. The Morgan fingerprint density at radius 3 is 1.26 bits per heavy atom. The van der Waals surface area contributed by atoms with Gasteiger partial charge in [-0.25, -0.2) is 74.2 Å². The van der Waals surface area contributed by atoms with Crippen molar-refractivity contribution in [3.63, 3.8) is 0 Å². The first kappa shape index (κ1) is 80.8. The monoisotopic (exact) mass is 1700 g/mol. The number of nitrogens with one attached hydrogen (secondary N) is 7. The average molecular weight is 1700 g/mol. The van der Waals surface area contributed by atoms with Crippen molar-refractivity contribution in [3.05, 3.63) is 188 Å². The fourth-order valence-corrected chi connectivity index (χ4v) is 14.5. The van der Waals surface area contributed by atoms with E-state index in [0.29, 0.717) is 79.7 Å². The molecule has 0 saturated carbocycles. The van der Waals surface area contributed by atoms with Crippen LogP contribution < -0.4 is 80.5 Å². The molecule has 0 saturated heterocycles. The number of nitrogens with two attached hydrogens (primary N) is 9. The van der Waals surface area contributed by atoms with Crippen molar-refractivity contribution < 1.29 is 48.0 Å². The molecule has 50 heteroatoms. The SMILES string of the molecule is CN(C)CCNC(=O)c1ccc2nc(-n3nc(Nc4ccc(S(N)(=O)=O)cc4)nc3N)sc2c1.NC(=O)COc1ccc2nc(-n3nc(Nc4ccc(S(N)(=O)=O)cc4)nc3N)sc2c1.Nc1nc(Nc2ccc(S(N)(=O)=O)cc2)n(-c2nc3ccccc3[nH]2)n1.Nc1nc(Nc2ccc(S(N)(=O)=O)cc2)nn1-c1nc2ccccc2[nH]1. The van der Waals surface area contributed by atoms with Gasteiger partial charge < -0.3 is 74.9 Å². The number of carbonyl (C=O) groups is 2. The van der Waals surface area contributed by atoms with Gasteiger partial charge in [0, 0.05) is 41.4 Å². The molecule has 0 atom stereocenters. The number of sulfonamides is 4. The number of primary sulfonamides is 4. The summed E-state index contributed by atoms with van der Waals surface area (Å²) in [6.45, 7) is 1.07. The molecule has 0 radical (unpaired) electrons. The van der Waals surface area contributed by atoms with Crippen LogP contribution in [0.25, 0.3) is 64.7 Å². The number of primary amides is 1. The highest BCUT2D eigenvalue weighted by molar-refractivity contribution is 7.90. The van der Waals surface area contributed by atoms with Gasteiger partial charge in [-0.15, -0.1) is 20.4 Å². The lowest BCUT2D eigenvalue weighted by Gasteiger charge is -2.10. The van der Waals surface area contributed by atoms with Gasteiger partial charge in [-0.05, 0) is 172 Å². The number of thiazole rings is 2. The minimum absolute atomic E-state index is 0.00345. The van der Waals surface area contributed by atoms with Gasteiger partial charge in [0.15, 0.2) is 6.61 Å². The number of para-hydroxylation sites is 4. The molecule has 16 aromatic rings. The van der Waals surface area contributed by atoms with Crippen molar-refractivity contribution in [3.8, 4) is 27.9 Å². The summed E-state index contributed by atoms with van der Waals surface area (Å²) in [6, 6.07) is 48.9. The average Bonchev–Trinajstić information content (AvgIpc) is 1.65.